The predicted molar refractivity (Wildman–Crippen MR) is 40.6 cm³/mol. The summed E-state index contributed by atoms with van der Waals surface area (Å²) in [6, 6.07) is 5.86. The van der Waals surface area contributed by atoms with E-state index in [1.54, 1.807) is 0 Å². The van der Waals surface area contributed by atoms with Crippen LogP contribution in [0.15, 0.2) is 30.6 Å². The summed E-state index contributed by atoms with van der Waals surface area (Å²) in [4.78, 5) is 2.89. The smallest absolute Gasteiger partial charge is 0.279 e. The monoisotopic (exact) mass is 230 g/mol. The van der Waals surface area contributed by atoms with Gasteiger partial charge < -0.3 is 0 Å². The van der Waals surface area contributed by atoms with E-state index in [0.29, 0.717) is 0 Å². The van der Waals surface area contributed by atoms with Crippen LogP contribution in [-0.4, -0.2) is 18.5 Å². The van der Waals surface area contributed by atoms with E-state index in [2.05, 4.69) is 4.98 Å². The van der Waals surface area contributed by atoms with Gasteiger partial charge in [0.05, 0.1) is 0 Å². The maximum Gasteiger partial charge on any atom is 0.522 e. The van der Waals surface area contributed by atoms with Crippen LogP contribution >= 0.6 is 0 Å². The number of rotatable bonds is 0. The van der Waals surface area contributed by atoms with Crippen molar-refractivity contribution >= 4 is 10.1 Å². The van der Waals surface area contributed by atoms with Crippen LogP contribution in [0.1, 0.15) is 0 Å². The lowest BCUT2D eigenvalue weighted by atomic mass is 10.5. The topological polar surface area (TPSA) is 68.5 Å². The van der Waals surface area contributed by atoms with E-state index in [9.17, 15) is 13.2 Å². The van der Waals surface area contributed by atoms with Gasteiger partial charge in [-0.25, -0.2) is 4.98 Å². The fraction of sp³-hybridized carbons (Fsp3) is 0.167. The Morgan fingerprint density at radius 1 is 1.07 bits per heavy atom. The summed E-state index contributed by atoms with van der Waals surface area (Å²) >= 11 is 0. The molecule has 0 aliphatic rings. The molecule has 0 fully saturated rings. The summed E-state index contributed by atoms with van der Waals surface area (Å²) in [5.74, 6) is 0. The van der Waals surface area contributed by atoms with Crippen molar-refractivity contribution in [1.82, 2.24) is 0 Å². The Morgan fingerprint density at radius 3 is 1.50 bits per heavy atom. The van der Waals surface area contributed by atoms with Gasteiger partial charge in [0.2, 0.25) is 0 Å². The van der Waals surface area contributed by atoms with E-state index in [0.717, 1.165) is 0 Å². The van der Waals surface area contributed by atoms with Gasteiger partial charge in [0, 0.05) is 12.1 Å². The lowest BCUT2D eigenvalue weighted by Gasteiger charge is -1.97. The first kappa shape index (κ1) is 12.8. The standard InChI is InChI=1S/C5H5N.CHF3O3S/c1-2-4-6-5-3-1;2-1(3,4)8(5,6)7/h1-5H;(H,5,6,7)/p+1. The molecule has 1 rings (SSSR count). The first-order valence-electron chi connectivity index (χ1n) is 3.20. The summed E-state index contributed by atoms with van der Waals surface area (Å²) < 4.78 is 57.5. The number of hydrogen-bond donors (Lipinski definition) is 1. The Balaban J connectivity index is 0.000000249. The Kier molecular flexibility index (Phi) is 4.51. The summed E-state index contributed by atoms with van der Waals surface area (Å²) in [7, 11) is -5.84. The van der Waals surface area contributed by atoms with E-state index in [1.165, 1.54) is 0 Å². The molecule has 8 heteroatoms. The third-order valence-electron chi connectivity index (χ3n) is 0.900. The first-order valence-corrected chi connectivity index (χ1v) is 4.64. The molecular formula is C6H7F3NO3S+. The van der Waals surface area contributed by atoms with Crippen molar-refractivity contribution in [3.05, 3.63) is 30.6 Å². The second kappa shape index (κ2) is 4.91. The van der Waals surface area contributed by atoms with Crippen molar-refractivity contribution in [1.29, 1.82) is 0 Å². The van der Waals surface area contributed by atoms with Gasteiger partial charge in [0.25, 0.3) is 0 Å². The van der Waals surface area contributed by atoms with Crippen LogP contribution in [0.3, 0.4) is 0 Å². The number of alkyl halides is 3. The summed E-state index contributed by atoms with van der Waals surface area (Å²) in [6.45, 7) is 0. The molecule has 1 aromatic heterocycles. The molecule has 1 aromatic rings. The SMILES string of the molecule is O=S(=O)(O)C(F)(F)F.c1cc[nH+]cc1. The Morgan fingerprint density at radius 2 is 1.43 bits per heavy atom. The van der Waals surface area contributed by atoms with Gasteiger partial charge in [-0.1, -0.05) is 6.07 Å². The molecule has 4 nitrogen and oxygen atoms in total. The Hall–Kier alpha value is -1.15. The largest absolute Gasteiger partial charge is 0.522 e. The molecule has 0 spiro atoms. The summed E-state index contributed by atoms with van der Waals surface area (Å²) in [6.07, 6.45) is 3.75. The van der Waals surface area contributed by atoms with Crippen molar-refractivity contribution < 1.29 is 31.1 Å². The number of aromatic nitrogens is 1. The van der Waals surface area contributed by atoms with Crippen molar-refractivity contribution in [2.75, 3.05) is 0 Å². The maximum atomic E-state index is 10.7. The molecule has 0 atom stereocenters. The zero-order valence-corrected chi connectivity index (χ0v) is 7.51. The minimum Gasteiger partial charge on any atom is -0.279 e. The van der Waals surface area contributed by atoms with Gasteiger partial charge in [0.15, 0.2) is 12.4 Å². The molecule has 14 heavy (non-hydrogen) atoms. The van der Waals surface area contributed by atoms with Gasteiger partial charge >= 0.3 is 15.6 Å². The molecule has 0 aromatic carbocycles. The van der Waals surface area contributed by atoms with Gasteiger partial charge in [-0.15, -0.1) is 0 Å². The average molecular weight is 230 g/mol. The summed E-state index contributed by atoms with van der Waals surface area (Å²) in [5, 5.41) is 0. The molecular weight excluding hydrogens is 223 g/mol. The first-order chi connectivity index (χ1) is 6.25. The second-order valence-electron chi connectivity index (χ2n) is 2.00. The van der Waals surface area contributed by atoms with Crippen LogP contribution < -0.4 is 4.98 Å². The van der Waals surface area contributed by atoms with Crippen LogP contribution in [-0.2, 0) is 10.1 Å². The minimum atomic E-state index is -5.84. The molecule has 0 saturated carbocycles. The highest BCUT2D eigenvalue weighted by molar-refractivity contribution is 7.86. The molecule has 0 aliphatic heterocycles. The van der Waals surface area contributed by atoms with Crippen molar-refractivity contribution in [2.24, 2.45) is 0 Å². The third-order valence-corrected chi connectivity index (χ3v) is 1.48. The molecule has 0 amide bonds. The van der Waals surface area contributed by atoms with Crippen LogP contribution in [0, 0.1) is 0 Å². The van der Waals surface area contributed by atoms with E-state index < -0.39 is 15.6 Å². The van der Waals surface area contributed by atoms with E-state index in [4.69, 9.17) is 13.0 Å². The molecule has 80 valence electrons. The quantitative estimate of drug-likeness (QED) is 0.531. The number of hydrogen-bond acceptors (Lipinski definition) is 2. The Bertz CT molecular complexity index is 322. The van der Waals surface area contributed by atoms with Crippen molar-refractivity contribution in [3.8, 4) is 0 Å². The fourth-order valence-corrected chi connectivity index (χ4v) is 0.342. The lowest BCUT2D eigenvalue weighted by molar-refractivity contribution is -0.377. The predicted octanol–water partition coefficient (Wildman–Crippen LogP) is 0.895. The van der Waals surface area contributed by atoms with Gasteiger partial charge in [-0.3, -0.25) is 4.55 Å². The van der Waals surface area contributed by atoms with Crippen molar-refractivity contribution in [2.45, 2.75) is 5.51 Å². The van der Waals surface area contributed by atoms with E-state index in [-0.39, 0.29) is 0 Å². The third kappa shape index (κ3) is 5.49. The molecule has 0 radical (unpaired) electrons. The molecule has 2 N–H and O–H groups in total. The number of pyridine rings is 1. The zero-order valence-electron chi connectivity index (χ0n) is 6.69. The number of H-pyrrole nitrogens is 1. The summed E-state index contributed by atoms with van der Waals surface area (Å²) in [5.41, 5.74) is -5.53. The lowest BCUT2D eigenvalue weighted by Crippen LogP contribution is -2.21. The highest BCUT2D eigenvalue weighted by Gasteiger charge is 2.44. The molecule has 0 bridgehead atoms. The van der Waals surface area contributed by atoms with Crippen LogP contribution in [0.4, 0.5) is 13.2 Å². The zero-order chi connectivity index (χ0) is 11.2. The number of halogens is 3. The normalized spacial score (nSPS) is 11.4. The van der Waals surface area contributed by atoms with Crippen LogP contribution in [0.2, 0.25) is 0 Å². The molecule has 1 heterocycles. The van der Waals surface area contributed by atoms with Crippen LogP contribution in [0.5, 0.6) is 0 Å². The average Bonchev–Trinajstić information content (AvgIpc) is 2.05. The fourth-order valence-electron chi connectivity index (χ4n) is 0.342. The highest BCUT2D eigenvalue weighted by Crippen LogP contribution is 2.20. The van der Waals surface area contributed by atoms with Gasteiger partial charge in [0.1, 0.15) is 0 Å². The highest BCUT2D eigenvalue weighted by atomic mass is 32.2. The minimum absolute atomic E-state index is 1.88. The van der Waals surface area contributed by atoms with E-state index >= 15 is 0 Å². The Labute approximate surface area is 78.1 Å². The molecule has 0 unspecified atom stereocenters. The van der Waals surface area contributed by atoms with E-state index in [1.807, 2.05) is 30.6 Å². The molecule has 0 aliphatic carbocycles. The number of aromatic amines is 1. The van der Waals surface area contributed by atoms with Gasteiger partial charge in [-0.2, -0.15) is 21.6 Å². The van der Waals surface area contributed by atoms with Crippen molar-refractivity contribution in [3.63, 3.8) is 0 Å². The number of nitrogens with one attached hydrogen (secondary N) is 1. The maximum absolute atomic E-state index is 10.7. The van der Waals surface area contributed by atoms with Gasteiger partial charge in [-0.05, 0) is 0 Å². The molecule has 0 saturated heterocycles. The van der Waals surface area contributed by atoms with Crippen LogP contribution in [0.25, 0.3) is 0 Å². The second-order valence-corrected chi connectivity index (χ2v) is 3.41.